The first-order valence-electron chi connectivity index (χ1n) is 12.1. The van der Waals surface area contributed by atoms with Gasteiger partial charge in [0, 0.05) is 31.9 Å². The number of fused-ring (bicyclic) bond motifs is 1. The van der Waals surface area contributed by atoms with E-state index in [1.807, 2.05) is 0 Å². The Bertz CT molecular complexity index is 1430. The maximum absolute atomic E-state index is 14.7. The lowest BCUT2D eigenvalue weighted by molar-refractivity contribution is -0.141. The largest absolute Gasteiger partial charge is 0.444 e. The van der Waals surface area contributed by atoms with Gasteiger partial charge in [0.1, 0.15) is 16.8 Å². The molecule has 39 heavy (non-hydrogen) atoms. The topological polar surface area (TPSA) is 95.9 Å². The number of ether oxygens (including phenoxy) is 1. The van der Waals surface area contributed by atoms with E-state index in [-0.39, 0.29) is 56.6 Å². The van der Waals surface area contributed by atoms with Crippen molar-refractivity contribution in [2.75, 3.05) is 20.1 Å². The fraction of sp³-hybridized carbons (Fsp3) is 0.462. The molecule has 0 radical (unpaired) electrons. The maximum atomic E-state index is 14.7. The van der Waals surface area contributed by atoms with Crippen molar-refractivity contribution < 1.29 is 37.0 Å². The molecule has 0 unspecified atom stereocenters. The third-order valence-electron chi connectivity index (χ3n) is 6.38. The highest BCUT2D eigenvalue weighted by atomic mass is 32.1. The molecule has 1 atom stereocenters. The van der Waals surface area contributed by atoms with Crippen LogP contribution in [0.4, 0.5) is 22.4 Å². The van der Waals surface area contributed by atoms with Gasteiger partial charge in [-0.1, -0.05) is 0 Å². The van der Waals surface area contributed by atoms with E-state index in [2.05, 4.69) is 9.97 Å². The second-order valence-electron chi connectivity index (χ2n) is 10.4. The average molecular weight is 569 g/mol. The molecular formula is C26H28F4N4O4S. The summed E-state index contributed by atoms with van der Waals surface area (Å²) in [6.07, 6.45) is -3.67. The van der Waals surface area contributed by atoms with Gasteiger partial charge in [0.15, 0.2) is 5.82 Å². The number of nitrogens with zero attached hydrogens (tertiary/aromatic N) is 4. The van der Waals surface area contributed by atoms with Crippen molar-refractivity contribution in [1.82, 2.24) is 19.8 Å². The van der Waals surface area contributed by atoms with Gasteiger partial charge >= 0.3 is 12.3 Å². The van der Waals surface area contributed by atoms with Crippen LogP contribution in [0.5, 0.6) is 0 Å². The van der Waals surface area contributed by atoms with Crippen LogP contribution in [0.3, 0.4) is 0 Å². The lowest BCUT2D eigenvalue weighted by atomic mass is 9.99. The van der Waals surface area contributed by atoms with E-state index in [4.69, 9.17) is 4.74 Å². The Morgan fingerprint density at radius 1 is 1.28 bits per heavy atom. The van der Waals surface area contributed by atoms with Gasteiger partial charge in [-0.05, 0) is 51.8 Å². The molecule has 1 aliphatic rings. The van der Waals surface area contributed by atoms with Crippen LogP contribution < -0.4 is 0 Å². The van der Waals surface area contributed by atoms with E-state index in [0.717, 1.165) is 17.4 Å². The zero-order valence-corrected chi connectivity index (χ0v) is 22.8. The molecule has 0 aliphatic carbocycles. The molecular weight excluding hydrogens is 540 g/mol. The highest BCUT2D eigenvalue weighted by molar-refractivity contribution is 7.19. The Kier molecular flexibility index (Phi) is 7.60. The lowest BCUT2D eigenvalue weighted by Gasteiger charge is -2.28. The quantitative estimate of drug-likeness (QED) is 0.424. The molecule has 0 saturated carbocycles. The summed E-state index contributed by atoms with van der Waals surface area (Å²) in [5.74, 6) is -1.34. The summed E-state index contributed by atoms with van der Waals surface area (Å²) in [5, 5.41) is 9.51. The van der Waals surface area contributed by atoms with E-state index < -0.39 is 41.9 Å². The summed E-state index contributed by atoms with van der Waals surface area (Å²) in [6, 6.07) is 1.83. The molecule has 2 amide bonds. The van der Waals surface area contributed by atoms with E-state index in [1.165, 1.54) is 29.0 Å². The van der Waals surface area contributed by atoms with Crippen molar-refractivity contribution in [3.8, 4) is 11.3 Å². The number of thiophene rings is 1. The number of aliphatic hydroxyl groups is 1. The predicted octanol–water partition coefficient (Wildman–Crippen LogP) is 5.40. The van der Waals surface area contributed by atoms with Gasteiger partial charge < -0.3 is 19.6 Å². The van der Waals surface area contributed by atoms with Crippen molar-refractivity contribution in [3.63, 3.8) is 0 Å². The Labute approximate surface area is 226 Å². The molecule has 13 heteroatoms. The molecule has 1 fully saturated rings. The first-order valence-corrected chi connectivity index (χ1v) is 12.9. The maximum Gasteiger partial charge on any atom is 0.433 e. The fourth-order valence-electron chi connectivity index (χ4n) is 4.46. The van der Waals surface area contributed by atoms with Crippen LogP contribution in [0, 0.1) is 12.7 Å². The number of carbonyl (C=O) groups is 2. The standard InChI is InChI=1S/C26H28F4N4O4S/c1-13-10-17(26(28,29)30)32-20(15-6-8-31-21-19(27)16(12-35)39-22(15)21)18(13)23(36)34-9-7-14(11-34)33(5)24(37)38-25(2,3)4/h6,8,10,14,35H,7,9,11-12H2,1-5H3/t14-/m0/s1. The van der Waals surface area contributed by atoms with E-state index in [1.54, 1.807) is 27.8 Å². The number of pyridine rings is 2. The van der Waals surface area contributed by atoms with Crippen LogP contribution in [0.15, 0.2) is 18.3 Å². The number of carbonyl (C=O) groups excluding carboxylic acids is 2. The van der Waals surface area contributed by atoms with Crippen molar-refractivity contribution in [3.05, 3.63) is 45.8 Å². The van der Waals surface area contributed by atoms with Gasteiger partial charge in [-0.2, -0.15) is 13.2 Å². The number of rotatable bonds is 4. The second-order valence-corrected chi connectivity index (χ2v) is 11.5. The molecule has 0 spiro atoms. The summed E-state index contributed by atoms with van der Waals surface area (Å²) in [4.78, 5) is 37.0. The van der Waals surface area contributed by atoms with Gasteiger partial charge in [-0.15, -0.1) is 11.3 Å². The normalized spacial score (nSPS) is 16.2. The SMILES string of the molecule is Cc1cc(C(F)(F)F)nc(-c2ccnc3c(F)c(CO)sc23)c1C(=O)N1CC[C@H](N(C)C(=O)OC(C)(C)C)C1. The van der Waals surface area contributed by atoms with Crippen molar-refractivity contribution >= 4 is 33.6 Å². The number of aryl methyl sites for hydroxylation is 1. The van der Waals surface area contributed by atoms with Gasteiger partial charge in [0.2, 0.25) is 0 Å². The van der Waals surface area contributed by atoms with E-state index in [0.29, 0.717) is 6.42 Å². The fourth-order valence-corrected chi connectivity index (χ4v) is 5.47. The molecule has 4 rings (SSSR count). The first-order chi connectivity index (χ1) is 18.1. The van der Waals surface area contributed by atoms with Crippen molar-refractivity contribution in [1.29, 1.82) is 0 Å². The van der Waals surface area contributed by atoms with Crippen molar-refractivity contribution in [2.24, 2.45) is 0 Å². The van der Waals surface area contributed by atoms with Gasteiger partial charge in [-0.25, -0.2) is 14.2 Å². The summed E-state index contributed by atoms with van der Waals surface area (Å²) < 4.78 is 61.6. The molecule has 0 bridgehead atoms. The minimum absolute atomic E-state index is 0.0333. The molecule has 3 aromatic rings. The average Bonchev–Trinajstić information content (AvgIpc) is 3.46. The molecule has 1 aliphatic heterocycles. The van der Waals surface area contributed by atoms with Gasteiger partial charge in [-0.3, -0.25) is 9.78 Å². The van der Waals surface area contributed by atoms with Crippen LogP contribution in [0.25, 0.3) is 21.5 Å². The molecule has 4 heterocycles. The lowest BCUT2D eigenvalue weighted by Crippen LogP contribution is -2.42. The monoisotopic (exact) mass is 568 g/mol. The highest BCUT2D eigenvalue weighted by Gasteiger charge is 2.38. The van der Waals surface area contributed by atoms with Crippen LogP contribution in [-0.2, 0) is 17.5 Å². The van der Waals surface area contributed by atoms with E-state index >= 15 is 0 Å². The van der Waals surface area contributed by atoms with E-state index in [9.17, 15) is 32.3 Å². The number of hydrogen-bond donors (Lipinski definition) is 1. The number of hydrogen-bond acceptors (Lipinski definition) is 7. The van der Waals surface area contributed by atoms with Gasteiger partial charge in [0.05, 0.1) is 33.5 Å². The summed E-state index contributed by atoms with van der Waals surface area (Å²) in [7, 11) is 1.57. The zero-order chi connectivity index (χ0) is 28.9. The molecule has 1 N–H and O–H groups in total. The van der Waals surface area contributed by atoms with Crippen LogP contribution in [-0.4, -0.2) is 68.7 Å². The zero-order valence-electron chi connectivity index (χ0n) is 22.0. The number of amides is 2. The summed E-state index contributed by atoms with van der Waals surface area (Å²) in [6.45, 7) is 6.39. The molecule has 210 valence electrons. The third-order valence-corrected chi connectivity index (χ3v) is 7.55. The van der Waals surface area contributed by atoms with Crippen LogP contribution in [0.1, 0.15) is 53.7 Å². The number of likely N-dealkylation sites (N-methyl/N-ethyl adjacent to an activating group) is 1. The number of aromatic nitrogens is 2. The Balaban J connectivity index is 1.77. The van der Waals surface area contributed by atoms with Crippen molar-refractivity contribution in [2.45, 2.75) is 58.5 Å². The highest BCUT2D eigenvalue weighted by Crippen LogP contribution is 2.40. The second kappa shape index (κ2) is 10.3. The molecule has 0 aromatic carbocycles. The Morgan fingerprint density at radius 3 is 2.59 bits per heavy atom. The molecule has 8 nitrogen and oxygen atoms in total. The number of aliphatic hydroxyl groups excluding tert-OH is 1. The third kappa shape index (κ3) is 5.69. The van der Waals surface area contributed by atoms with Crippen LogP contribution in [0.2, 0.25) is 0 Å². The molecule has 1 saturated heterocycles. The molecule has 3 aromatic heterocycles. The number of halogens is 4. The smallest absolute Gasteiger partial charge is 0.433 e. The predicted molar refractivity (Wildman–Crippen MR) is 137 cm³/mol. The summed E-state index contributed by atoms with van der Waals surface area (Å²) in [5.41, 5.74) is -2.19. The number of likely N-dealkylation sites (tertiary alicyclic amines) is 1. The van der Waals surface area contributed by atoms with Crippen LogP contribution >= 0.6 is 11.3 Å². The number of alkyl halides is 3. The minimum atomic E-state index is -4.79. The summed E-state index contributed by atoms with van der Waals surface area (Å²) >= 11 is 0.837. The Morgan fingerprint density at radius 2 is 1.97 bits per heavy atom. The van der Waals surface area contributed by atoms with Gasteiger partial charge in [0.25, 0.3) is 5.91 Å². The Hall–Kier alpha value is -3.32. The minimum Gasteiger partial charge on any atom is -0.444 e. The first kappa shape index (κ1) is 28.7.